The third kappa shape index (κ3) is 3.09. The van der Waals surface area contributed by atoms with Crippen molar-refractivity contribution >= 4 is 11.6 Å². The molecule has 0 saturated carbocycles. The molecule has 2 unspecified atom stereocenters. The first-order valence-corrected chi connectivity index (χ1v) is 6.47. The summed E-state index contributed by atoms with van der Waals surface area (Å²) in [7, 11) is 0. The maximum absolute atomic E-state index is 6.19. The molecule has 1 N–H and O–H groups in total. The number of hydrogen-bond acceptors (Lipinski definition) is 2. The molecule has 1 aromatic heterocycles. The van der Waals surface area contributed by atoms with Gasteiger partial charge in [-0.25, -0.2) is 0 Å². The van der Waals surface area contributed by atoms with Gasteiger partial charge < -0.3 is 5.32 Å². The normalized spacial score (nSPS) is 14.2. The summed E-state index contributed by atoms with van der Waals surface area (Å²) in [5.41, 5.74) is 2.15. The molecule has 2 nitrogen and oxygen atoms in total. The van der Waals surface area contributed by atoms with Crippen LogP contribution in [0, 0.1) is 0 Å². The Morgan fingerprint density at radius 1 is 1.00 bits per heavy atom. The maximum atomic E-state index is 6.19. The minimum atomic E-state index is 0.190. The summed E-state index contributed by atoms with van der Waals surface area (Å²) < 4.78 is 0. The second-order valence-electron chi connectivity index (χ2n) is 4.39. The second-order valence-corrected chi connectivity index (χ2v) is 4.79. The molecule has 0 fully saturated rings. The number of halogens is 1. The molecule has 2 aromatic rings. The largest absolute Gasteiger partial charge is 0.302 e. The van der Waals surface area contributed by atoms with Crippen LogP contribution in [0.3, 0.4) is 0 Å². The van der Waals surface area contributed by atoms with Crippen molar-refractivity contribution < 1.29 is 0 Å². The first kappa shape index (κ1) is 13.1. The van der Waals surface area contributed by atoms with E-state index in [1.165, 1.54) is 0 Å². The van der Waals surface area contributed by atoms with E-state index in [1.54, 1.807) is 0 Å². The molecule has 2 atom stereocenters. The van der Waals surface area contributed by atoms with Crippen LogP contribution in [-0.4, -0.2) is 4.98 Å². The molecular formula is C15H17ClN2. The van der Waals surface area contributed by atoms with Gasteiger partial charge in [0.15, 0.2) is 0 Å². The van der Waals surface area contributed by atoms with Crippen molar-refractivity contribution in [3.63, 3.8) is 0 Å². The Hall–Kier alpha value is -1.38. The summed E-state index contributed by atoms with van der Waals surface area (Å²) in [5, 5.41) is 4.30. The van der Waals surface area contributed by atoms with E-state index >= 15 is 0 Å². The quantitative estimate of drug-likeness (QED) is 0.893. The number of benzene rings is 1. The molecule has 0 saturated heterocycles. The van der Waals surface area contributed by atoms with Gasteiger partial charge in [-0.15, -0.1) is 0 Å². The van der Waals surface area contributed by atoms with E-state index in [0.29, 0.717) is 0 Å². The van der Waals surface area contributed by atoms with Crippen LogP contribution < -0.4 is 5.32 Å². The van der Waals surface area contributed by atoms with E-state index in [1.807, 2.05) is 48.7 Å². The van der Waals surface area contributed by atoms with Crippen LogP contribution in [0.4, 0.5) is 0 Å². The van der Waals surface area contributed by atoms with Crippen molar-refractivity contribution in [2.45, 2.75) is 25.9 Å². The van der Waals surface area contributed by atoms with Gasteiger partial charge in [0.2, 0.25) is 0 Å². The van der Waals surface area contributed by atoms with E-state index in [-0.39, 0.29) is 12.1 Å². The number of aromatic nitrogens is 1. The average Bonchev–Trinajstić information content (AvgIpc) is 2.40. The van der Waals surface area contributed by atoms with E-state index in [0.717, 1.165) is 16.3 Å². The minimum absolute atomic E-state index is 0.190. The number of nitrogens with one attached hydrogen (secondary N) is 1. The lowest BCUT2D eigenvalue weighted by molar-refractivity contribution is 0.486. The Labute approximate surface area is 113 Å². The van der Waals surface area contributed by atoms with Crippen LogP contribution in [0.1, 0.15) is 37.2 Å². The molecule has 94 valence electrons. The molecule has 0 spiro atoms. The third-order valence-electron chi connectivity index (χ3n) is 3.00. The highest BCUT2D eigenvalue weighted by Gasteiger charge is 2.13. The molecule has 0 amide bonds. The van der Waals surface area contributed by atoms with Crippen molar-refractivity contribution in [2.75, 3.05) is 0 Å². The smallest absolute Gasteiger partial charge is 0.0570 e. The van der Waals surface area contributed by atoms with Crippen LogP contribution in [-0.2, 0) is 0 Å². The van der Waals surface area contributed by atoms with E-state index in [2.05, 4.69) is 24.1 Å². The van der Waals surface area contributed by atoms with Crippen LogP contribution >= 0.6 is 11.6 Å². The van der Waals surface area contributed by atoms with Gasteiger partial charge in [0.1, 0.15) is 0 Å². The lowest BCUT2D eigenvalue weighted by Crippen LogP contribution is -2.23. The Morgan fingerprint density at radius 3 is 2.39 bits per heavy atom. The second kappa shape index (κ2) is 5.98. The zero-order valence-corrected chi connectivity index (χ0v) is 11.4. The molecule has 0 aliphatic rings. The molecule has 0 aliphatic carbocycles. The van der Waals surface area contributed by atoms with E-state index in [4.69, 9.17) is 11.6 Å². The lowest BCUT2D eigenvalue weighted by Gasteiger charge is -2.20. The molecule has 0 aliphatic heterocycles. The summed E-state index contributed by atoms with van der Waals surface area (Å²) in [6.07, 6.45) is 1.81. The van der Waals surface area contributed by atoms with Gasteiger partial charge in [0.25, 0.3) is 0 Å². The zero-order chi connectivity index (χ0) is 13.0. The maximum Gasteiger partial charge on any atom is 0.0570 e. The number of pyridine rings is 1. The van der Waals surface area contributed by atoms with E-state index < -0.39 is 0 Å². The summed E-state index contributed by atoms with van der Waals surface area (Å²) >= 11 is 6.19. The highest BCUT2D eigenvalue weighted by Crippen LogP contribution is 2.24. The third-order valence-corrected chi connectivity index (χ3v) is 3.35. The summed E-state index contributed by atoms with van der Waals surface area (Å²) in [6, 6.07) is 14.2. The predicted molar refractivity (Wildman–Crippen MR) is 75.7 cm³/mol. The fourth-order valence-electron chi connectivity index (χ4n) is 2.01. The van der Waals surface area contributed by atoms with E-state index in [9.17, 15) is 0 Å². The van der Waals surface area contributed by atoms with Crippen LogP contribution in [0.15, 0.2) is 48.7 Å². The zero-order valence-electron chi connectivity index (χ0n) is 10.6. The Balaban J connectivity index is 2.08. The highest BCUT2D eigenvalue weighted by molar-refractivity contribution is 6.31. The van der Waals surface area contributed by atoms with Crippen molar-refractivity contribution in [1.29, 1.82) is 0 Å². The summed E-state index contributed by atoms with van der Waals surface area (Å²) in [6.45, 7) is 4.22. The molecule has 1 aromatic carbocycles. The van der Waals surface area contributed by atoms with Gasteiger partial charge in [0, 0.05) is 23.3 Å². The van der Waals surface area contributed by atoms with Crippen LogP contribution in [0.5, 0.6) is 0 Å². The lowest BCUT2D eigenvalue weighted by atomic mass is 10.1. The minimum Gasteiger partial charge on any atom is -0.302 e. The first-order valence-electron chi connectivity index (χ1n) is 6.10. The molecule has 2 rings (SSSR count). The van der Waals surface area contributed by atoms with Crippen LogP contribution in [0.25, 0.3) is 0 Å². The molecule has 1 heterocycles. The number of hydrogen-bond donors (Lipinski definition) is 1. The van der Waals surface area contributed by atoms with Gasteiger partial charge >= 0.3 is 0 Å². The topological polar surface area (TPSA) is 24.9 Å². The van der Waals surface area contributed by atoms with Crippen molar-refractivity contribution in [1.82, 2.24) is 10.3 Å². The van der Waals surface area contributed by atoms with Gasteiger partial charge in [-0.2, -0.15) is 0 Å². The SMILES string of the molecule is CC(NC(C)c1ccccc1Cl)c1ccccn1. The fourth-order valence-corrected chi connectivity index (χ4v) is 2.31. The Morgan fingerprint density at radius 2 is 1.72 bits per heavy atom. The fraction of sp³-hybridized carbons (Fsp3) is 0.267. The summed E-state index contributed by atoms with van der Waals surface area (Å²) in [4.78, 5) is 4.35. The Bertz CT molecular complexity index is 499. The van der Waals surface area contributed by atoms with Gasteiger partial charge in [0.05, 0.1) is 5.69 Å². The molecule has 18 heavy (non-hydrogen) atoms. The number of rotatable bonds is 4. The van der Waals surface area contributed by atoms with Gasteiger partial charge in [-0.1, -0.05) is 35.9 Å². The first-order chi connectivity index (χ1) is 8.68. The number of nitrogens with zero attached hydrogens (tertiary/aromatic N) is 1. The Kier molecular flexibility index (Phi) is 4.34. The molecule has 0 radical (unpaired) electrons. The predicted octanol–water partition coefficient (Wildman–Crippen LogP) is 4.15. The van der Waals surface area contributed by atoms with Crippen LogP contribution in [0.2, 0.25) is 5.02 Å². The van der Waals surface area contributed by atoms with Crippen molar-refractivity contribution in [3.05, 3.63) is 64.9 Å². The molecular weight excluding hydrogens is 244 g/mol. The standard InChI is InChI=1S/C15H17ClN2/c1-11(13-7-3-4-8-14(13)16)18-12(2)15-9-5-6-10-17-15/h3-12,18H,1-2H3. The monoisotopic (exact) mass is 260 g/mol. The van der Waals surface area contributed by atoms with Gasteiger partial charge in [-0.3, -0.25) is 4.98 Å². The molecule has 0 bridgehead atoms. The summed E-state index contributed by atoms with van der Waals surface area (Å²) in [5.74, 6) is 0. The average molecular weight is 261 g/mol. The van der Waals surface area contributed by atoms with Gasteiger partial charge in [-0.05, 0) is 37.6 Å². The van der Waals surface area contributed by atoms with Crippen molar-refractivity contribution in [3.8, 4) is 0 Å². The van der Waals surface area contributed by atoms with Crippen molar-refractivity contribution in [2.24, 2.45) is 0 Å². The molecule has 3 heteroatoms. The highest BCUT2D eigenvalue weighted by atomic mass is 35.5.